The molecule has 2 atom stereocenters. The molecule has 2 aliphatic carbocycles. The molecule has 7 heteroatoms. The third kappa shape index (κ3) is 5.19. The number of halogens is 1. The van der Waals surface area contributed by atoms with Crippen LogP contribution in [-0.2, 0) is 14.3 Å². The number of carbonyl (C=O) groups is 2. The van der Waals surface area contributed by atoms with E-state index in [4.69, 9.17) is 21.1 Å². The highest BCUT2D eigenvalue weighted by molar-refractivity contribution is 6.32. The number of aromatic hydroxyl groups is 1. The van der Waals surface area contributed by atoms with Gasteiger partial charge in [0.25, 0.3) is 0 Å². The summed E-state index contributed by atoms with van der Waals surface area (Å²) in [5, 5.41) is 14.0. The van der Waals surface area contributed by atoms with Gasteiger partial charge in [0, 0.05) is 29.3 Å². The van der Waals surface area contributed by atoms with Crippen molar-refractivity contribution in [2.24, 2.45) is 0 Å². The molecule has 38 heavy (non-hydrogen) atoms. The van der Waals surface area contributed by atoms with Crippen molar-refractivity contribution in [3.8, 4) is 11.5 Å². The van der Waals surface area contributed by atoms with E-state index in [1.165, 1.54) is 0 Å². The van der Waals surface area contributed by atoms with Crippen molar-refractivity contribution in [1.29, 1.82) is 0 Å². The van der Waals surface area contributed by atoms with E-state index in [1.54, 1.807) is 12.1 Å². The fourth-order valence-electron chi connectivity index (χ4n) is 6.03. The van der Waals surface area contributed by atoms with Crippen LogP contribution in [0.5, 0.6) is 11.5 Å². The first-order valence-corrected chi connectivity index (χ1v) is 13.9. The van der Waals surface area contributed by atoms with Gasteiger partial charge in [0.05, 0.1) is 17.2 Å². The first-order valence-electron chi connectivity index (χ1n) is 13.5. The summed E-state index contributed by atoms with van der Waals surface area (Å²) in [5.41, 5.74) is 4.17. The molecule has 5 rings (SSSR count). The second kappa shape index (κ2) is 11.2. The quantitative estimate of drug-likeness (QED) is 0.401. The molecule has 0 unspecified atom stereocenters. The number of nitrogens with one attached hydrogen (secondary N) is 1. The Bertz CT molecular complexity index is 1290. The lowest BCUT2D eigenvalue weighted by Crippen LogP contribution is -2.37. The molecule has 0 radical (unpaired) electrons. The molecule has 0 bridgehead atoms. The second-order valence-corrected chi connectivity index (χ2v) is 10.8. The molecule has 0 aromatic heterocycles. The van der Waals surface area contributed by atoms with Gasteiger partial charge in [-0.3, -0.25) is 4.79 Å². The Labute approximate surface area is 228 Å². The van der Waals surface area contributed by atoms with E-state index in [-0.39, 0.29) is 34.3 Å². The maximum absolute atomic E-state index is 13.8. The number of hydrogen-bond donors (Lipinski definition) is 2. The number of dihydropyridines is 1. The van der Waals surface area contributed by atoms with Gasteiger partial charge in [-0.05, 0) is 75.1 Å². The Morgan fingerprint density at radius 1 is 1.08 bits per heavy atom. The molecule has 3 aliphatic rings. The summed E-state index contributed by atoms with van der Waals surface area (Å²) in [4.78, 5) is 27.6. The lowest BCUT2D eigenvalue weighted by molar-refractivity contribution is -0.146. The summed E-state index contributed by atoms with van der Waals surface area (Å²) in [5.74, 6) is -1.01. The predicted molar refractivity (Wildman–Crippen MR) is 146 cm³/mol. The number of ether oxygens (including phenoxy) is 2. The maximum atomic E-state index is 13.8. The average molecular weight is 536 g/mol. The zero-order valence-electron chi connectivity index (χ0n) is 21.9. The largest absolute Gasteiger partial charge is 0.503 e. The van der Waals surface area contributed by atoms with Crippen LogP contribution in [0.25, 0.3) is 0 Å². The van der Waals surface area contributed by atoms with Crippen molar-refractivity contribution in [3.63, 3.8) is 0 Å². The van der Waals surface area contributed by atoms with Crippen LogP contribution >= 0.6 is 11.6 Å². The molecule has 0 saturated heterocycles. The molecular formula is C31H34ClNO5. The van der Waals surface area contributed by atoms with Gasteiger partial charge in [-0.15, -0.1) is 0 Å². The fourth-order valence-corrected chi connectivity index (χ4v) is 6.25. The molecule has 1 heterocycles. The normalized spacial score (nSPS) is 22.1. The van der Waals surface area contributed by atoms with Gasteiger partial charge in [-0.25, -0.2) is 4.79 Å². The minimum atomic E-state index is -0.677. The van der Waals surface area contributed by atoms with Gasteiger partial charge < -0.3 is 19.9 Å². The molecule has 0 amide bonds. The van der Waals surface area contributed by atoms with Crippen LogP contribution in [0.3, 0.4) is 0 Å². The smallest absolute Gasteiger partial charge is 0.337 e. The van der Waals surface area contributed by atoms with Crippen LogP contribution in [0.4, 0.5) is 0 Å². The van der Waals surface area contributed by atoms with Crippen molar-refractivity contribution >= 4 is 23.4 Å². The van der Waals surface area contributed by atoms with E-state index < -0.39 is 11.9 Å². The van der Waals surface area contributed by atoms with E-state index in [9.17, 15) is 14.7 Å². The summed E-state index contributed by atoms with van der Waals surface area (Å²) in [6.07, 6.45) is 5.79. The topological polar surface area (TPSA) is 84.9 Å². The molecule has 1 fully saturated rings. The molecular weight excluding hydrogens is 502 g/mol. The Hall–Kier alpha value is -3.25. The van der Waals surface area contributed by atoms with Crippen molar-refractivity contribution in [3.05, 3.63) is 81.2 Å². The minimum absolute atomic E-state index is 0.0183. The molecule has 1 saturated carbocycles. The SMILES string of the molecule is CCOc1cc([C@@H]2C(C(=O)OC3CCCCC3)=C(C)NC3=C2C(=O)C[C@H](c2ccccc2)C3)cc(Cl)c1O. The van der Waals surface area contributed by atoms with Gasteiger partial charge >= 0.3 is 5.97 Å². The number of Topliss-reactive ketones (excluding diaryl/α,β-unsaturated/α-hetero) is 1. The number of esters is 1. The van der Waals surface area contributed by atoms with Crippen LogP contribution in [-0.4, -0.2) is 29.6 Å². The van der Waals surface area contributed by atoms with Crippen LogP contribution in [0, 0.1) is 0 Å². The summed E-state index contributed by atoms with van der Waals surface area (Å²) in [6, 6.07) is 13.3. The third-order valence-corrected chi connectivity index (χ3v) is 8.12. The predicted octanol–water partition coefficient (Wildman–Crippen LogP) is 6.68. The van der Waals surface area contributed by atoms with Crippen molar-refractivity contribution in [2.75, 3.05) is 6.61 Å². The molecule has 6 nitrogen and oxygen atoms in total. The number of rotatable bonds is 6. The van der Waals surface area contributed by atoms with Gasteiger partial charge in [-0.1, -0.05) is 48.4 Å². The standard InChI is InChI=1S/C31H34ClNO5/c1-3-37-26-17-21(14-23(32)30(26)35)28-27(31(36)38-22-12-8-5-9-13-22)18(2)33-24-15-20(16-25(34)29(24)28)19-10-6-4-7-11-19/h4,6-7,10-11,14,17,20,22,28,33,35H,3,5,8-9,12-13,15-16H2,1-2H3/t20-,28-/m1/s1. The number of ketones is 1. The number of carbonyl (C=O) groups excluding carboxylic acids is 2. The first kappa shape index (κ1) is 26.4. The second-order valence-electron chi connectivity index (χ2n) is 10.4. The average Bonchev–Trinajstić information content (AvgIpc) is 2.91. The highest BCUT2D eigenvalue weighted by atomic mass is 35.5. The summed E-state index contributed by atoms with van der Waals surface area (Å²) in [6.45, 7) is 4.00. The van der Waals surface area contributed by atoms with Gasteiger partial charge in [0.15, 0.2) is 17.3 Å². The number of phenolic OH excluding ortho intramolecular Hbond substituents is 1. The summed E-state index contributed by atoms with van der Waals surface area (Å²) in [7, 11) is 0. The first-order chi connectivity index (χ1) is 18.4. The number of phenols is 1. The van der Waals surface area contributed by atoms with Crippen LogP contribution < -0.4 is 10.1 Å². The van der Waals surface area contributed by atoms with Crippen molar-refractivity contribution in [2.45, 2.75) is 76.7 Å². The molecule has 1 aliphatic heterocycles. The van der Waals surface area contributed by atoms with E-state index in [0.717, 1.165) is 43.4 Å². The molecule has 2 aromatic rings. The monoisotopic (exact) mass is 535 g/mol. The number of hydrogen-bond acceptors (Lipinski definition) is 6. The molecule has 200 valence electrons. The molecule has 0 spiro atoms. The van der Waals surface area contributed by atoms with Gasteiger partial charge in [0.1, 0.15) is 6.10 Å². The Balaban J connectivity index is 1.59. The Morgan fingerprint density at radius 2 is 1.82 bits per heavy atom. The maximum Gasteiger partial charge on any atom is 0.337 e. The zero-order valence-corrected chi connectivity index (χ0v) is 22.6. The van der Waals surface area contributed by atoms with Crippen LogP contribution in [0.15, 0.2) is 65.0 Å². The van der Waals surface area contributed by atoms with E-state index >= 15 is 0 Å². The van der Waals surface area contributed by atoms with Gasteiger partial charge in [0.2, 0.25) is 0 Å². The minimum Gasteiger partial charge on any atom is -0.503 e. The lowest BCUT2D eigenvalue weighted by Gasteiger charge is -2.37. The van der Waals surface area contributed by atoms with Gasteiger partial charge in [-0.2, -0.15) is 0 Å². The summed E-state index contributed by atoms with van der Waals surface area (Å²) < 4.78 is 11.7. The van der Waals surface area contributed by atoms with E-state index in [1.807, 2.05) is 44.2 Å². The van der Waals surface area contributed by atoms with Crippen molar-refractivity contribution < 1.29 is 24.2 Å². The third-order valence-electron chi connectivity index (χ3n) is 7.83. The van der Waals surface area contributed by atoms with E-state index in [2.05, 4.69) is 5.32 Å². The highest BCUT2D eigenvalue weighted by Crippen LogP contribution is 2.48. The Kier molecular flexibility index (Phi) is 7.80. The van der Waals surface area contributed by atoms with Crippen LogP contribution in [0.2, 0.25) is 5.02 Å². The summed E-state index contributed by atoms with van der Waals surface area (Å²) >= 11 is 6.43. The number of benzene rings is 2. The van der Waals surface area contributed by atoms with Crippen LogP contribution in [0.1, 0.15) is 81.8 Å². The highest BCUT2D eigenvalue weighted by Gasteiger charge is 2.42. The zero-order chi connectivity index (χ0) is 26.8. The van der Waals surface area contributed by atoms with E-state index in [0.29, 0.717) is 41.9 Å². The lowest BCUT2D eigenvalue weighted by atomic mass is 9.71. The molecule has 2 aromatic carbocycles. The molecule has 2 N–H and O–H groups in total. The Morgan fingerprint density at radius 3 is 2.53 bits per heavy atom. The van der Waals surface area contributed by atoms with Crippen molar-refractivity contribution in [1.82, 2.24) is 5.32 Å². The number of allylic oxidation sites excluding steroid dienone is 3. The fraction of sp³-hybridized carbons (Fsp3) is 0.419.